The van der Waals surface area contributed by atoms with E-state index in [1.54, 1.807) is 48.8 Å². The zero-order chi connectivity index (χ0) is 58.9. The van der Waals surface area contributed by atoms with Crippen molar-refractivity contribution < 1.29 is 17.1 Å². The fraction of sp³-hybridized carbons (Fsp3) is 0.525. The van der Waals surface area contributed by atoms with Gasteiger partial charge in [-0.3, -0.25) is 0 Å². The van der Waals surface area contributed by atoms with Crippen molar-refractivity contribution in [3.05, 3.63) is 189 Å². The summed E-state index contributed by atoms with van der Waals surface area (Å²) in [6.07, 6.45) is 27.1. The minimum absolute atomic E-state index is 0. The molecule has 4 aliphatic carbocycles. The first-order chi connectivity index (χ1) is 39.3. The molecule has 0 N–H and O–H groups in total. The summed E-state index contributed by atoms with van der Waals surface area (Å²) in [6.45, 7) is 33.4. The van der Waals surface area contributed by atoms with Crippen LogP contribution in [0, 0.1) is 14.9 Å². The SMILES string of the molecule is CC(C)(C)P(C(C)(C)C)C(C)(C)C.CCc1cc(C(C)C)c(-c2ccccc2P(C2CCCCC2)C2CCCCC2)c(C(C)C)c1.[CH3-].[CH3-].[Fe+2].c1ccc(P(c2ccccc2)C2CCCC2)cc1.c1ccc(P(c2ccccc2)C2CCCC2)cc1. The molecule has 6 aromatic rings. The molecule has 0 spiro atoms. The number of hydrogen-bond donors (Lipinski definition) is 0. The maximum absolute atomic E-state index is 2.56. The molecule has 0 amide bonds. The molecule has 0 radical (unpaired) electrons. The number of hydrogen-bond acceptors (Lipinski definition) is 0. The fourth-order valence-corrected chi connectivity index (χ4v) is 31.3. The first-order valence-electron chi connectivity index (χ1n) is 32.9. The minimum atomic E-state index is -0.152. The van der Waals surface area contributed by atoms with E-state index in [1.165, 1.54) is 121 Å². The fourth-order valence-electron chi connectivity index (χ4n) is 15.3. The van der Waals surface area contributed by atoms with E-state index in [0.29, 0.717) is 27.3 Å². The summed E-state index contributed by atoms with van der Waals surface area (Å²) in [5, 5.41) is 9.29. The smallest absolute Gasteiger partial charge is 0.358 e. The van der Waals surface area contributed by atoms with Crippen molar-refractivity contribution in [1.82, 2.24) is 0 Å². The van der Waals surface area contributed by atoms with E-state index < -0.39 is 0 Å². The summed E-state index contributed by atoms with van der Waals surface area (Å²) in [5.74, 6) is 1.10. The Labute approximate surface area is 540 Å². The Morgan fingerprint density at radius 2 is 0.647 bits per heavy atom. The van der Waals surface area contributed by atoms with Crippen LogP contribution in [0.25, 0.3) is 11.1 Å². The summed E-state index contributed by atoms with van der Waals surface area (Å²) in [6, 6.07) is 59.3. The van der Waals surface area contributed by atoms with E-state index >= 15 is 0 Å². The third-order valence-electron chi connectivity index (χ3n) is 17.8. The molecule has 0 aliphatic heterocycles. The van der Waals surface area contributed by atoms with Crippen LogP contribution in [0.4, 0.5) is 0 Å². The van der Waals surface area contributed by atoms with Crippen molar-refractivity contribution in [1.29, 1.82) is 0 Å². The zero-order valence-corrected chi connectivity index (χ0v) is 61.2. The van der Waals surface area contributed by atoms with Gasteiger partial charge in [0.15, 0.2) is 0 Å². The van der Waals surface area contributed by atoms with Crippen molar-refractivity contribution in [2.45, 2.75) is 269 Å². The second-order valence-corrected chi connectivity index (χ2v) is 40.6. The van der Waals surface area contributed by atoms with Gasteiger partial charge in [-0.15, -0.1) is 0 Å². The summed E-state index contributed by atoms with van der Waals surface area (Å²) in [7, 11) is -0.399. The predicted molar refractivity (Wildman–Crippen MR) is 391 cm³/mol. The molecule has 6 aromatic carbocycles. The number of aryl methyl sites for hydroxylation is 1. The van der Waals surface area contributed by atoms with E-state index in [0.717, 1.165) is 29.1 Å². The van der Waals surface area contributed by atoms with E-state index in [4.69, 9.17) is 0 Å². The molecule has 0 atom stereocenters. The normalized spacial score (nSPS) is 16.4. The van der Waals surface area contributed by atoms with Crippen LogP contribution in [0.2, 0.25) is 0 Å². The predicted octanol–water partition coefficient (Wildman–Crippen LogP) is 23.8. The Kier molecular flexibility index (Phi) is 32.1. The Balaban J connectivity index is 0.000000256. The van der Waals surface area contributed by atoms with Gasteiger partial charge in [-0.2, -0.15) is 0 Å². The van der Waals surface area contributed by atoms with Crippen molar-refractivity contribution in [3.63, 3.8) is 0 Å². The largest absolute Gasteiger partial charge is 2.00 e. The summed E-state index contributed by atoms with van der Waals surface area (Å²) in [5.41, 5.74) is 11.5. The second-order valence-electron chi connectivity index (χ2n) is 28.1. The Hall–Kier alpha value is -2.44. The van der Waals surface area contributed by atoms with E-state index in [-0.39, 0.29) is 63.6 Å². The van der Waals surface area contributed by atoms with Crippen LogP contribution < -0.4 is 26.5 Å². The third-order valence-corrected chi connectivity index (χ3v) is 31.3. The van der Waals surface area contributed by atoms with E-state index in [2.05, 4.69) is 255 Å². The van der Waals surface area contributed by atoms with Crippen molar-refractivity contribution in [3.8, 4) is 11.1 Å². The topological polar surface area (TPSA) is 0 Å². The standard InChI is InChI=1S/C32H47P.2C17H19P.C12H27P.2CH3.Fe/c1-6-25-21-29(23(2)3)32(30(22-25)24(4)5)28-19-13-14-20-31(28)33(26-15-9-7-10-16-26)27-17-11-8-12-18-27;2*1-3-9-15(10-4-1)18(17-13-7-8-14-17)16-11-5-2-6-12-16;1-10(2,3)13(11(4,5)6)12(7,8)9;;;/h13-14,19-24,26-27H,6-12,15-18H2,1-5H3;2*1-6,9-12,17H,7-8,13-14H2;1-9H3;2*1H3;/q;;;;2*-1;+2. The van der Waals surface area contributed by atoms with Crippen molar-refractivity contribution in [2.75, 3.05) is 0 Å². The molecular formula is C80H118FeP4. The van der Waals surface area contributed by atoms with Crippen LogP contribution >= 0.6 is 31.7 Å². The monoisotopic (exact) mass is 1260 g/mol. The quantitative estimate of drug-likeness (QED) is 0.0614. The van der Waals surface area contributed by atoms with Gasteiger partial charge in [-0.1, -0.05) is 335 Å². The first kappa shape index (κ1) is 75.0. The van der Waals surface area contributed by atoms with Crippen molar-refractivity contribution >= 4 is 58.2 Å². The number of benzene rings is 6. The Morgan fingerprint density at radius 1 is 0.376 bits per heavy atom. The third kappa shape index (κ3) is 21.6. The van der Waals surface area contributed by atoms with Crippen molar-refractivity contribution in [2.24, 2.45) is 0 Å². The first-order valence-corrected chi connectivity index (χ1v) is 38.6. The summed E-state index contributed by atoms with van der Waals surface area (Å²) in [4.78, 5) is 0. The molecule has 0 aromatic heterocycles. The molecule has 0 heterocycles. The average molecular weight is 1260 g/mol. The van der Waals surface area contributed by atoms with Crippen LogP contribution in [-0.4, -0.2) is 38.1 Å². The van der Waals surface area contributed by atoms with Gasteiger partial charge in [-0.25, -0.2) is 0 Å². The maximum atomic E-state index is 2.56. The molecule has 4 saturated carbocycles. The summed E-state index contributed by atoms with van der Waals surface area (Å²) >= 11 is 0. The van der Waals surface area contributed by atoms with Gasteiger partial charge in [0.2, 0.25) is 0 Å². The molecule has 85 heavy (non-hydrogen) atoms. The van der Waals surface area contributed by atoms with Crippen LogP contribution in [0.5, 0.6) is 0 Å². The molecule has 0 nitrogen and oxygen atoms in total. The van der Waals surface area contributed by atoms with Crippen LogP contribution in [0.3, 0.4) is 0 Å². The van der Waals surface area contributed by atoms with Gasteiger partial charge in [-0.05, 0) is 178 Å². The van der Waals surface area contributed by atoms with Gasteiger partial charge < -0.3 is 14.9 Å². The molecule has 5 heteroatoms. The van der Waals surface area contributed by atoms with E-state index in [9.17, 15) is 0 Å². The molecule has 0 saturated heterocycles. The van der Waals surface area contributed by atoms with Gasteiger partial charge >= 0.3 is 17.1 Å². The van der Waals surface area contributed by atoms with Crippen LogP contribution in [-0.2, 0) is 23.5 Å². The molecule has 0 bridgehead atoms. The number of rotatable bonds is 13. The Bertz CT molecular complexity index is 2470. The minimum Gasteiger partial charge on any atom is -0.358 e. The van der Waals surface area contributed by atoms with Gasteiger partial charge in [0.05, 0.1) is 0 Å². The zero-order valence-electron chi connectivity index (χ0n) is 56.6. The molecule has 0 unspecified atom stereocenters. The maximum Gasteiger partial charge on any atom is 2.00 e. The molecule has 466 valence electrons. The molecule has 4 fully saturated rings. The van der Waals surface area contributed by atoms with Crippen LogP contribution in [0.15, 0.2) is 158 Å². The van der Waals surface area contributed by atoms with Gasteiger partial charge in [0.25, 0.3) is 0 Å². The summed E-state index contributed by atoms with van der Waals surface area (Å²) < 4.78 is 0. The van der Waals surface area contributed by atoms with Crippen LogP contribution in [0.1, 0.15) is 241 Å². The molecule has 10 rings (SSSR count). The molecule has 4 aliphatic rings. The van der Waals surface area contributed by atoms with Gasteiger partial charge in [0, 0.05) is 0 Å². The Morgan fingerprint density at radius 3 is 0.918 bits per heavy atom. The molecular weight excluding hydrogens is 1140 g/mol. The second kappa shape index (κ2) is 36.4. The average Bonchev–Trinajstić information content (AvgIpc) is 4.42. The van der Waals surface area contributed by atoms with E-state index in [1.807, 2.05) is 0 Å². The van der Waals surface area contributed by atoms with Gasteiger partial charge in [0.1, 0.15) is 0 Å².